The van der Waals surface area contributed by atoms with Gasteiger partial charge in [-0.2, -0.15) is 0 Å². The Morgan fingerprint density at radius 3 is 2.62 bits per heavy atom. The van der Waals surface area contributed by atoms with Crippen LogP contribution in [0.15, 0.2) is 42.5 Å². The van der Waals surface area contributed by atoms with Crippen LogP contribution in [-0.4, -0.2) is 31.5 Å². The zero-order valence-electron chi connectivity index (χ0n) is 13.3. The Labute approximate surface area is 152 Å². The molecule has 0 aliphatic rings. The van der Waals surface area contributed by atoms with Gasteiger partial charge in [-0.05, 0) is 35.4 Å². The van der Waals surface area contributed by atoms with Gasteiger partial charge in [-0.1, -0.05) is 41.4 Å². The number of aliphatic hydroxyl groups is 1. The number of aliphatic hydroxyl groups excluding tert-OH is 1. The Morgan fingerprint density at radius 2 is 1.83 bits per heavy atom. The van der Waals surface area contributed by atoms with E-state index in [-0.39, 0.29) is 6.61 Å². The van der Waals surface area contributed by atoms with Gasteiger partial charge < -0.3 is 19.9 Å². The summed E-state index contributed by atoms with van der Waals surface area (Å²) in [7, 11) is 0. The van der Waals surface area contributed by atoms with Crippen molar-refractivity contribution in [2.24, 2.45) is 0 Å². The Bertz CT molecular complexity index is 637. The average Bonchev–Trinajstić information content (AvgIpc) is 2.59. The summed E-state index contributed by atoms with van der Waals surface area (Å²) in [6, 6.07) is 13.4. The lowest BCUT2D eigenvalue weighted by Crippen LogP contribution is -2.20. The summed E-state index contributed by atoms with van der Waals surface area (Å²) in [5.74, 6) is 0.803. The van der Waals surface area contributed by atoms with Gasteiger partial charge in [0.25, 0.3) is 0 Å². The van der Waals surface area contributed by atoms with Crippen molar-refractivity contribution in [3.8, 4) is 5.75 Å². The van der Waals surface area contributed by atoms with Gasteiger partial charge in [0, 0.05) is 13.1 Å². The molecule has 0 atom stereocenters. The Kier molecular flexibility index (Phi) is 8.36. The predicted octanol–water partition coefficient (Wildman–Crippen LogP) is 3.67. The third-order valence-corrected chi connectivity index (χ3v) is 4.01. The second-order valence-electron chi connectivity index (χ2n) is 5.20. The van der Waals surface area contributed by atoms with Crippen molar-refractivity contribution >= 4 is 23.2 Å². The van der Waals surface area contributed by atoms with Crippen molar-refractivity contribution in [2.45, 2.75) is 13.2 Å². The molecule has 4 nitrogen and oxygen atoms in total. The van der Waals surface area contributed by atoms with Crippen LogP contribution in [-0.2, 0) is 17.9 Å². The first kappa shape index (κ1) is 19.0. The fourth-order valence-electron chi connectivity index (χ4n) is 2.08. The lowest BCUT2D eigenvalue weighted by Gasteiger charge is -2.10. The SMILES string of the molecule is OCCOCCNCc1cccc(OCc2ccc(Cl)c(Cl)c2)c1. The van der Waals surface area contributed by atoms with E-state index < -0.39 is 0 Å². The van der Waals surface area contributed by atoms with Crippen LogP contribution >= 0.6 is 23.2 Å². The van der Waals surface area contributed by atoms with Crippen LogP contribution in [0.5, 0.6) is 5.75 Å². The molecule has 24 heavy (non-hydrogen) atoms. The average molecular weight is 370 g/mol. The molecule has 0 radical (unpaired) electrons. The van der Waals surface area contributed by atoms with E-state index in [0.717, 1.165) is 30.0 Å². The minimum Gasteiger partial charge on any atom is -0.489 e. The third-order valence-electron chi connectivity index (χ3n) is 3.28. The number of rotatable bonds is 10. The van der Waals surface area contributed by atoms with Crippen LogP contribution in [0.2, 0.25) is 10.0 Å². The summed E-state index contributed by atoms with van der Waals surface area (Å²) in [6.45, 7) is 2.90. The molecule has 6 heteroatoms. The monoisotopic (exact) mass is 369 g/mol. The topological polar surface area (TPSA) is 50.7 Å². The molecular formula is C18H21Cl2NO3. The Balaban J connectivity index is 1.78. The highest BCUT2D eigenvalue weighted by atomic mass is 35.5. The van der Waals surface area contributed by atoms with E-state index in [4.69, 9.17) is 37.8 Å². The molecule has 0 heterocycles. The van der Waals surface area contributed by atoms with Gasteiger partial charge in [0.1, 0.15) is 12.4 Å². The van der Waals surface area contributed by atoms with E-state index in [1.807, 2.05) is 36.4 Å². The molecular weight excluding hydrogens is 349 g/mol. The van der Waals surface area contributed by atoms with Crippen LogP contribution in [0.4, 0.5) is 0 Å². The predicted molar refractivity (Wildman–Crippen MR) is 96.8 cm³/mol. The lowest BCUT2D eigenvalue weighted by molar-refractivity contribution is 0.0938. The van der Waals surface area contributed by atoms with Gasteiger partial charge in [0.15, 0.2) is 0 Å². The lowest BCUT2D eigenvalue weighted by atomic mass is 10.2. The molecule has 2 N–H and O–H groups in total. The molecule has 0 aliphatic heterocycles. The van der Waals surface area contributed by atoms with E-state index >= 15 is 0 Å². The van der Waals surface area contributed by atoms with Gasteiger partial charge in [0.2, 0.25) is 0 Å². The van der Waals surface area contributed by atoms with E-state index in [0.29, 0.717) is 29.9 Å². The van der Waals surface area contributed by atoms with Gasteiger partial charge in [0.05, 0.1) is 29.9 Å². The number of hydrogen-bond donors (Lipinski definition) is 2. The summed E-state index contributed by atoms with van der Waals surface area (Å²) >= 11 is 11.9. The van der Waals surface area contributed by atoms with Gasteiger partial charge in [-0.15, -0.1) is 0 Å². The van der Waals surface area contributed by atoms with Crippen LogP contribution in [0, 0.1) is 0 Å². The number of benzene rings is 2. The quantitative estimate of drug-likeness (QED) is 0.627. The first-order valence-corrected chi connectivity index (χ1v) is 8.49. The Hall–Kier alpha value is -1.30. The molecule has 130 valence electrons. The molecule has 0 unspecified atom stereocenters. The highest BCUT2D eigenvalue weighted by Crippen LogP contribution is 2.23. The summed E-state index contributed by atoms with van der Waals surface area (Å²) in [5.41, 5.74) is 2.10. The van der Waals surface area contributed by atoms with Crippen molar-refractivity contribution in [1.29, 1.82) is 0 Å². The molecule has 0 fully saturated rings. The zero-order valence-corrected chi connectivity index (χ0v) is 14.8. The van der Waals surface area contributed by atoms with Crippen molar-refractivity contribution in [1.82, 2.24) is 5.32 Å². The first-order valence-electron chi connectivity index (χ1n) is 7.74. The highest BCUT2D eigenvalue weighted by molar-refractivity contribution is 6.42. The maximum atomic E-state index is 8.62. The number of hydrogen-bond acceptors (Lipinski definition) is 4. The zero-order chi connectivity index (χ0) is 17.2. The molecule has 0 aliphatic carbocycles. The van der Waals surface area contributed by atoms with Gasteiger partial charge >= 0.3 is 0 Å². The van der Waals surface area contributed by atoms with Gasteiger partial charge in [-0.3, -0.25) is 0 Å². The van der Waals surface area contributed by atoms with E-state index in [9.17, 15) is 0 Å². The van der Waals surface area contributed by atoms with Crippen molar-refractivity contribution in [3.63, 3.8) is 0 Å². The summed E-state index contributed by atoms with van der Waals surface area (Å²) in [6.07, 6.45) is 0. The fraction of sp³-hybridized carbons (Fsp3) is 0.333. The van der Waals surface area contributed by atoms with E-state index in [1.54, 1.807) is 6.07 Å². The summed E-state index contributed by atoms with van der Waals surface area (Å²) in [4.78, 5) is 0. The summed E-state index contributed by atoms with van der Waals surface area (Å²) < 4.78 is 11.0. The molecule has 0 saturated carbocycles. The maximum Gasteiger partial charge on any atom is 0.120 e. The molecule has 0 bridgehead atoms. The van der Waals surface area contributed by atoms with E-state index in [2.05, 4.69) is 5.32 Å². The molecule has 0 spiro atoms. The molecule has 2 aromatic rings. The molecule has 2 rings (SSSR count). The largest absolute Gasteiger partial charge is 0.489 e. The standard InChI is InChI=1S/C18H21Cl2NO3/c19-17-5-4-15(11-18(17)20)13-24-16-3-1-2-14(10-16)12-21-6-8-23-9-7-22/h1-5,10-11,21-22H,6-9,12-13H2. The second kappa shape index (κ2) is 10.5. The minimum atomic E-state index is 0.0538. The van der Waals surface area contributed by atoms with Crippen LogP contribution in [0.1, 0.15) is 11.1 Å². The molecule has 0 aromatic heterocycles. The van der Waals surface area contributed by atoms with Crippen molar-refractivity contribution < 1.29 is 14.6 Å². The van der Waals surface area contributed by atoms with Crippen molar-refractivity contribution in [3.05, 3.63) is 63.6 Å². The molecule has 0 amide bonds. The number of nitrogens with one attached hydrogen (secondary N) is 1. The molecule has 0 saturated heterocycles. The van der Waals surface area contributed by atoms with Crippen molar-refractivity contribution in [2.75, 3.05) is 26.4 Å². The van der Waals surface area contributed by atoms with Crippen LogP contribution in [0.25, 0.3) is 0 Å². The molecule has 2 aromatic carbocycles. The summed E-state index contributed by atoms with van der Waals surface area (Å²) in [5, 5.41) is 13.0. The van der Waals surface area contributed by atoms with Crippen LogP contribution in [0.3, 0.4) is 0 Å². The highest BCUT2D eigenvalue weighted by Gasteiger charge is 2.02. The minimum absolute atomic E-state index is 0.0538. The smallest absolute Gasteiger partial charge is 0.120 e. The number of halogens is 2. The fourth-order valence-corrected chi connectivity index (χ4v) is 2.41. The van der Waals surface area contributed by atoms with Crippen LogP contribution < -0.4 is 10.1 Å². The third kappa shape index (κ3) is 6.67. The second-order valence-corrected chi connectivity index (χ2v) is 6.01. The normalized spacial score (nSPS) is 10.8. The van der Waals surface area contributed by atoms with Gasteiger partial charge in [-0.25, -0.2) is 0 Å². The Morgan fingerprint density at radius 1 is 0.958 bits per heavy atom. The maximum absolute atomic E-state index is 8.62. The number of ether oxygens (including phenoxy) is 2. The first-order chi connectivity index (χ1) is 11.7. The van der Waals surface area contributed by atoms with E-state index in [1.165, 1.54) is 0 Å².